The van der Waals surface area contributed by atoms with Crippen molar-refractivity contribution in [3.05, 3.63) is 72.2 Å². The van der Waals surface area contributed by atoms with Gasteiger partial charge in [0.1, 0.15) is 11.2 Å². The lowest BCUT2D eigenvalue weighted by molar-refractivity contribution is 0.250. The van der Waals surface area contributed by atoms with Crippen molar-refractivity contribution in [2.24, 2.45) is 0 Å². The summed E-state index contributed by atoms with van der Waals surface area (Å²) in [4.78, 5) is 13.9. The standard InChI is InChI=1S/C23H23N5O/c1-17-22-23(29-26-17)21(14-20(25-22)19-8-5-9-24-15-19)28-12-10-27(11-13-28)16-18-6-3-2-4-7-18/h2-9,14-15H,10-13,16H2,1H3. The maximum Gasteiger partial charge on any atom is 0.208 e. The average Bonchev–Trinajstić information content (AvgIpc) is 3.16. The van der Waals surface area contributed by atoms with Crippen molar-refractivity contribution in [3.63, 3.8) is 0 Å². The van der Waals surface area contributed by atoms with Crippen LogP contribution in [0.25, 0.3) is 22.4 Å². The van der Waals surface area contributed by atoms with E-state index in [-0.39, 0.29) is 0 Å². The fraction of sp³-hybridized carbons (Fsp3) is 0.261. The Morgan fingerprint density at radius 3 is 2.59 bits per heavy atom. The first-order valence-corrected chi connectivity index (χ1v) is 9.96. The normalized spacial score (nSPS) is 15.1. The van der Waals surface area contributed by atoms with Crippen LogP contribution in [0.5, 0.6) is 0 Å². The van der Waals surface area contributed by atoms with Crippen molar-refractivity contribution in [2.45, 2.75) is 13.5 Å². The van der Waals surface area contributed by atoms with E-state index in [0.29, 0.717) is 0 Å². The molecule has 0 radical (unpaired) electrons. The van der Waals surface area contributed by atoms with Crippen molar-refractivity contribution < 1.29 is 4.52 Å². The molecule has 0 spiro atoms. The van der Waals surface area contributed by atoms with Crippen LogP contribution in [0.2, 0.25) is 0 Å². The number of rotatable bonds is 4. The summed E-state index contributed by atoms with van der Waals surface area (Å²) in [6.07, 6.45) is 3.62. The molecule has 0 bridgehead atoms. The zero-order valence-electron chi connectivity index (χ0n) is 16.5. The highest BCUT2D eigenvalue weighted by atomic mass is 16.5. The van der Waals surface area contributed by atoms with E-state index >= 15 is 0 Å². The van der Waals surface area contributed by atoms with Crippen molar-refractivity contribution >= 4 is 16.8 Å². The first-order chi connectivity index (χ1) is 14.3. The minimum Gasteiger partial charge on any atom is -0.366 e. The molecular formula is C23H23N5O. The van der Waals surface area contributed by atoms with Gasteiger partial charge in [-0.25, -0.2) is 4.98 Å². The molecule has 146 valence electrons. The molecule has 0 amide bonds. The molecule has 6 nitrogen and oxygen atoms in total. The van der Waals surface area contributed by atoms with Gasteiger partial charge in [0.25, 0.3) is 0 Å². The molecule has 1 aliphatic rings. The summed E-state index contributed by atoms with van der Waals surface area (Å²) >= 11 is 0. The molecule has 0 saturated carbocycles. The Labute approximate surface area is 169 Å². The first kappa shape index (κ1) is 17.8. The van der Waals surface area contributed by atoms with Crippen molar-refractivity contribution in [1.82, 2.24) is 20.0 Å². The first-order valence-electron chi connectivity index (χ1n) is 9.96. The summed E-state index contributed by atoms with van der Waals surface area (Å²) in [5.41, 5.74) is 6.73. The topological polar surface area (TPSA) is 58.3 Å². The SMILES string of the molecule is Cc1noc2c(N3CCN(Cc4ccccc4)CC3)cc(-c3cccnc3)nc12. The molecule has 1 aromatic carbocycles. The van der Waals surface area contributed by atoms with Gasteiger partial charge in [0.15, 0.2) is 0 Å². The second-order valence-corrected chi connectivity index (χ2v) is 7.46. The van der Waals surface area contributed by atoms with E-state index < -0.39 is 0 Å². The third-order valence-electron chi connectivity index (χ3n) is 5.49. The Balaban J connectivity index is 1.42. The molecule has 0 aliphatic carbocycles. The van der Waals surface area contributed by atoms with Crippen LogP contribution >= 0.6 is 0 Å². The number of nitrogens with zero attached hydrogens (tertiary/aromatic N) is 5. The van der Waals surface area contributed by atoms with Crippen molar-refractivity contribution in [3.8, 4) is 11.3 Å². The Kier molecular flexibility index (Phi) is 4.69. The van der Waals surface area contributed by atoms with E-state index in [4.69, 9.17) is 9.51 Å². The highest BCUT2D eigenvalue weighted by molar-refractivity contribution is 5.90. The van der Waals surface area contributed by atoms with Gasteiger partial charge in [0, 0.05) is 50.7 Å². The maximum absolute atomic E-state index is 5.66. The van der Waals surface area contributed by atoms with E-state index in [2.05, 4.69) is 56.3 Å². The fourth-order valence-electron chi connectivity index (χ4n) is 3.90. The molecule has 29 heavy (non-hydrogen) atoms. The van der Waals surface area contributed by atoms with Crippen molar-refractivity contribution in [1.29, 1.82) is 0 Å². The Morgan fingerprint density at radius 2 is 1.83 bits per heavy atom. The highest BCUT2D eigenvalue weighted by Gasteiger charge is 2.23. The van der Waals surface area contributed by atoms with Gasteiger partial charge in [-0.3, -0.25) is 9.88 Å². The number of fused-ring (bicyclic) bond motifs is 1. The highest BCUT2D eigenvalue weighted by Crippen LogP contribution is 2.32. The summed E-state index contributed by atoms with van der Waals surface area (Å²) < 4.78 is 5.66. The second kappa shape index (κ2) is 7.64. The minimum absolute atomic E-state index is 0.770. The largest absolute Gasteiger partial charge is 0.366 e. The summed E-state index contributed by atoms with van der Waals surface area (Å²) in [5.74, 6) is 0. The van der Waals surface area contributed by atoms with E-state index in [9.17, 15) is 0 Å². The van der Waals surface area contributed by atoms with Gasteiger partial charge < -0.3 is 9.42 Å². The maximum atomic E-state index is 5.66. The smallest absolute Gasteiger partial charge is 0.208 e. The number of anilines is 1. The van der Waals surface area contributed by atoms with Crippen LogP contribution < -0.4 is 4.90 Å². The van der Waals surface area contributed by atoms with Gasteiger partial charge in [-0.05, 0) is 30.7 Å². The fourth-order valence-corrected chi connectivity index (χ4v) is 3.90. The van der Waals surface area contributed by atoms with Gasteiger partial charge in [0.2, 0.25) is 5.58 Å². The van der Waals surface area contributed by atoms with Gasteiger partial charge in [0.05, 0.1) is 11.4 Å². The molecule has 1 aliphatic heterocycles. The van der Waals surface area contributed by atoms with Crippen LogP contribution in [0.1, 0.15) is 11.3 Å². The lowest BCUT2D eigenvalue weighted by atomic mass is 10.1. The third-order valence-corrected chi connectivity index (χ3v) is 5.49. The minimum atomic E-state index is 0.770. The van der Waals surface area contributed by atoms with Crippen LogP contribution in [0.4, 0.5) is 5.69 Å². The Hall–Kier alpha value is -3.25. The third kappa shape index (κ3) is 3.59. The second-order valence-electron chi connectivity index (χ2n) is 7.46. The van der Waals surface area contributed by atoms with Gasteiger partial charge in [-0.2, -0.15) is 0 Å². The summed E-state index contributed by atoms with van der Waals surface area (Å²) in [7, 11) is 0. The predicted molar refractivity (Wildman–Crippen MR) is 114 cm³/mol. The van der Waals surface area contributed by atoms with Crippen LogP contribution in [0, 0.1) is 6.92 Å². The summed E-state index contributed by atoms with van der Waals surface area (Å²) in [6, 6.07) is 16.7. The molecular weight excluding hydrogens is 362 g/mol. The molecule has 1 saturated heterocycles. The molecule has 1 fully saturated rings. The lowest BCUT2D eigenvalue weighted by Crippen LogP contribution is -2.46. The summed E-state index contributed by atoms with van der Waals surface area (Å²) in [6.45, 7) is 6.83. The molecule has 0 unspecified atom stereocenters. The van der Waals surface area contributed by atoms with E-state index in [0.717, 1.165) is 66.5 Å². The predicted octanol–water partition coefficient (Wildman–Crippen LogP) is 3.92. The van der Waals surface area contributed by atoms with E-state index in [1.54, 1.807) is 6.20 Å². The van der Waals surface area contributed by atoms with Crippen LogP contribution in [-0.2, 0) is 6.54 Å². The number of aryl methyl sites for hydroxylation is 1. The molecule has 4 heterocycles. The molecule has 3 aromatic heterocycles. The molecule has 4 aromatic rings. The van der Waals surface area contributed by atoms with Crippen LogP contribution in [-0.4, -0.2) is 46.2 Å². The van der Waals surface area contributed by atoms with Gasteiger partial charge >= 0.3 is 0 Å². The lowest BCUT2D eigenvalue weighted by Gasteiger charge is -2.36. The van der Waals surface area contributed by atoms with E-state index in [1.165, 1.54) is 5.56 Å². The number of piperazine rings is 1. The zero-order chi connectivity index (χ0) is 19.6. The Morgan fingerprint density at radius 1 is 1.00 bits per heavy atom. The van der Waals surface area contributed by atoms with Crippen LogP contribution in [0.3, 0.4) is 0 Å². The monoisotopic (exact) mass is 385 g/mol. The quantitative estimate of drug-likeness (QED) is 0.531. The van der Waals surface area contributed by atoms with Crippen LogP contribution in [0.15, 0.2) is 65.4 Å². The van der Waals surface area contributed by atoms with E-state index in [1.807, 2.05) is 25.3 Å². The summed E-state index contributed by atoms with van der Waals surface area (Å²) in [5, 5.41) is 4.17. The number of pyridine rings is 2. The number of hydrogen-bond donors (Lipinski definition) is 0. The number of benzene rings is 1. The molecule has 0 atom stereocenters. The van der Waals surface area contributed by atoms with Gasteiger partial charge in [-0.1, -0.05) is 35.5 Å². The van der Waals surface area contributed by atoms with Gasteiger partial charge in [-0.15, -0.1) is 0 Å². The zero-order valence-corrected chi connectivity index (χ0v) is 16.5. The molecule has 5 rings (SSSR count). The van der Waals surface area contributed by atoms with Crippen molar-refractivity contribution in [2.75, 3.05) is 31.1 Å². The average molecular weight is 385 g/mol. The number of hydrogen-bond acceptors (Lipinski definition) is 6. The Bertz CT molecular complexity index is 1100. The molecule has 6 heteroatoms. The molecule has 0 N–H and O–H groups in total. The number of aromatic nitrogens is 3.